The minimum atomic E-state index is -1.31. The smallest absolute Gasteiger partial charge is 0.268 e. The summed E-state index contributed by atoms with van der Waals surface area (Å²) in [4.78, 5) is 18.9. The summed E-state index contributed by atoms with van der Waals surface area (Å²) in [7, 11) is 0. The van der Waals surface area contributed by atoms with Gasteiger partial charge in [-0.1, -0.05) is 11.6 Å². The molecule has 3 aromatic rings. The standard InChI is InChI=1S/C15H9ClF3N3O/c16-8-2-12-11(20-6-8)4-13(22-12)15(23)21-5-7-1-9(17)3-10(18)14(7)19/h1-4,6,22H,5H2,(H,21,23). The lowest BCUT2D eigenvalue weighted by atomic mass is 10.2. The van der Waals surface area contributed by atoms with E-state index in [1.54, 1.807) is 6.07 Å². The topological polar surface area (TPSA) is 57.8 Å². The molecular weight excluding hydrogens is 331 g/mol. The first-order valence-corrected chi connectivity index (χ1v) is 6.88. The fraction of sp³-hybridized carbons (Fsp3) is 0.0667. The van der Waals surface area contributed by atoms with E-state index < -0.39 is 23.4 Å². The van der Waals surface area contributed by atoms with Gasteiger partial charge in [-0.2, -0.15) is 0 Å². The molecule has 0 radical (unpaired) electrons. The van der Waals surface area contributed by atoms with E-state index in [0.29, 0.717) is 22.1 Å². The van der Waals surface area contributed by atoms with Crippen LogP contribution < -0.4 is 5.32 Å². The van der Waals surface area contributed by atoms with E-state index in [2.05, 4.69) is 15.3 Å². The van der Waals surface area contributed by atoms with Crippen LogP contribution >= 0.6 is 11.6 Å². The van der Waals surface area contributed by atoms with Crippen LogP contribution in [0.5, 0.6) is 0 Å². The monoisotopic (exact) mass is 339 g/mol. The second kappa shape index (κ2) is 5.92. The Kier molecular flexibility index (Phi) is 3.96. The van der Waals surface area contributed by atoms with E-state index in [0.717, 1.165) is 6.07 Å². The van der Waals surface area contributed by atoms with Gasteiger partial charge in [-0.05, 0) is 18.2 Å². The average Bonchev–Trinajstić information content (AvgIpc) is 2.92. The van der Waals surface area contributed by atoms with Gasteiger partial charge in [0.05, 0.1) is 16.1 Å². The summed E-state index contributed by atoms with van der Waals surface area (Å²) in [5, 5.41) is 2.79. The quantitative estimate of drug-likeness (QED) is 0.717. The maximum atomic E-state index is 13.5. The third kappa shape index (κ3) is 3.14. The summed E-state index contributed by atoms with van der Waals surface area (Å²) in [5.41, 5.74) is 0.980. The van der Waals surface area contributed by atoms with Crippen molar-refractivity contribution < 1.29 is 18.0 Å². The first-order valence-electron chi connectivity index (χ1n) is 6.50. The number of aromatic amines is 1. The Morgan fingerprint density at radius 2 is 2.00 bits per heavy atom. The van der Waals surface area contributed by atoms with Crippen LogP contribution in [-0.4, -0.2) is 15.9 Å². The number of aromatic nitrogens is 2. The molecule has 0 spiro atoms. The van der Waals surface area contributed by atoms with E-state index >= 15 is 0 Å². The van der Waals surface area contributed by atoms with Crippen molar-refractivity contribution in [3.05, 3.63) is 64.2 Å². The van der Waals surface area contributed by atoms with Crippen molar-refractivity contribution >= 4 is 28.5 Å². The van der Waals surface area contributed by atoms with Crippen LogP contribution in [0.25, 0.3) is 11.0 Å². The number of carbonyl (C=O) groups excluding carboxylic acids is 1. The summed E-state index contributed by atoms with van der Waals surface area (Å²) < 4.78 is 39.7. The Morgan fingerprint density at radius 1 is 1.22 bits per heavy atom. The normalized spacial score (nSPS) is 11.0. The SMILES string of the molecule is O=C(NCc1cc(F)cc(F)c1F)c1cc2ncc(Cl)cc2[nH]1. The number of H-pyrrole nitrogens is 1. The third-order valence-corrected chi connectivity index (χ3v) is 3.39. The van der Waals surface area contributed by atoms with Crippen molar-refractivity contribution in [1.82, 2.24) is 15.3 Å². The molecule has 0 aliphatic carbocycles. The summed E-state index contributed by atoms with van der Waals surface area (Å²) in [6, 6.07) is 4.35. The van der Waals surface area contributed by atoms with E-state index in [1.165, 1.54) is 12.3 Å². The zero-order chi connectivity index (χ0) is 16.6. The third-order valence-electron chi connectivity index (χ3n) is 3.19. The number of hydrogen-bond acceptors (Lipinski definition) is 2. The number of benzene rings is 1. The average molecular weight is 340 g/mol. The van der Waals surface area contributed by atoms with Crippen LogP contribution in [0.3, 0.4) is 0 Å². The molecule has 3 rings (SSSR count). The highest BCUT2D eigenvalue weighted by Gasteiger charge is 2.14. The molecule has 0 atom stereocenters. The molecule has 1 amide bonds. The number of rotatable bonds is 3. The molecular formula is C15H9ClF3N3O. The molecule has 23 heavy (non-hydrogen) atoms. The Hall–Kier alpha value is -2.54. The van der Waals surface area contributed by atoms with E-state index in [1.807, 2.05) is 0 Å². The lowest BCUT2D eigenvalue weighted by Gasteiger charge is -2.06. The van der Waals surface area contributed by atoms with Gasteiger partial charge in [0.1, 0.15) is 11.5 Å². The molecule has 2 N–H and O–H groups in total. The summed E-state index contributed by atoms with van der Waals surface area (Å²) in [6.45, 7) is -0.358. The van der Waals surface area contributed by atoms with Crippen molar-refractivity contribution in [2.75, 3.05) is 0 Å². The molecule has 0 saturated heterocycles. The van der Waals surface area contributed by atoms with Crippen LogP contribution in [0.15, 0.2) is 30.5 Å². The second-order valence-electron chi connectivity index (χ2n) is 4.81. The van der Waals surface area contributed by atoms with Gasteiger partial charge in [0.15, 0.2) is 11.6 Å². The van der Waals surface area contributed by atoms with Gasteiger partial charge in [0.25, 0.3) is 5.91 Å². The Balaban J connectivity index is 1.78. The predicted molar refractivity (Wildman–Crippen MR) is 78.6 cm³/mol. The van der Waals surface area contributed by atoms with Crippen molar-refractivity contribution in [1.29, 1.82) is 0 Å². The molecule has 4 nitrogen and oxygen atoms in total. The van der Waals surface area contributed by atoms with Gasteiger partial charge >= 0.3 is 0 Å². The van der Waals surface area contributed by atoms with Crippen LogP contribution in [-0.2, 0) is 6.54 Å². The highest BCUT2D eigenvalue weighted by molar-refractivity contribution is 6.31. The second-order valence-corrected chi connectivity index (χ2v) is 5.25. The van der Waals surface area contributed by atoms with Gasteiger partial charge < -0.3 is 10.3 Å². The highest BCUT2D eigenvalue weighted by Crippen LogP contribution is 2.18. The van der Waals surface area contributed by atoms with Gasteiger partial charge in [-0.25, -0.2) is 13.2 Å². The number of hydrogen-bond donors (Lipinski definition) is 2. The zero-order valence-electron chi connectivity index (χ0n) is 11.5. The molecule has 0 saturated carbocycles. The molecule has 0 bridgehead atoms. The van der Waals surface area contributed by atoms with Crippen molar-refractivity contribution in [2.24, 2.45) is 0 Å². The largest absolute Gasteiger partial charge is 0.349 e. The van der Waals surface area contributed by atoms with Crippen LogP contribution in [0.2, 0.25) is 5.02 Å². The number of pyridine rings is 1. The number of nitrogens with one attached hydrogen (secondary N) is 2. The number of amides is 1. The summed E-state index contributed by atoms with van der Waals surface area (Å²) in [6.07, 6.45) is 1.43. The van der Waals surface area contributed by atoms with Crippen LogP contribution in [0.4, 0.5) is 13.2 Å². The zero-order valence-corrected chi connectivity index (χ0v) is 12.2. The molecule has 118 valence electrons. The number of carbonyl (C=O) groups is 1. The highest BCUT2D eigenvalue weighted by atomic mass is 35.5. The minimum Gasteiger partial charge on any atom is -0.349 e. The van der Waals surface area contributed by atoms with Crippen molar-refractivity contribution in [3.8, 4) is 0 Å². The summed E-state index contributed by atoms with van der Waals surface area (Å²) >= 11 is 5.80. The maximum Gasteiger partial charge on any atom is 0.268 e. The van der Waals surface area contributed by atoms with Crippen LogP contribution in [0, 0.1) is 17.5 Å². The first kappa shape index (κ1) is 15.4. The molecule has 2 aromatic heterocycles. The Labute approximate surface area is 133 Å². The van der Waals surface area contributed by atoms with Crippen molar-refractivity contribution in [3.63, 3.8) is 0 Å². The fourth-order valence-electron chi connectivity index (χ4n) is 2.11. The van der Waals surface area contributed by atoms with E-state index in [4.69, 9.17) is 11.6 Å². The van der Waals surface area contributed by atoms with Gasteiger partial charge in [0, 0.05) is 24.4 Å². The Bertz CT molecular complexity index is 910. The molecule has 0 aliphatic rings. The van der Waals surface area contributed by atoms with E-state index in [9.17, 15) is 18.0 Å². The molecule has 0 aliphatic heterocycles. The molecule has 8 heteroatoms. The van der Waals surface area contributed by atoms with Crippen molar-refractivity contribution in [2.45, 2.75) is 6.54 Å². The lowest BCUT2D eigenvalue weighted by Crippen LogP contribution is -2.24. The lowest BCUT2D eigenvalue weighted by molar-refractivity contribution is 0.0946. The number of fused-ring (bicyclic) bond motifs is 1. The van der Waals surface area contributed by atoms with Gasteiger partial charge in [0.2, 0.25) is 0 Å². The first-order chi connectivity index (χ1) is 10.9. The molecule has 2 heterocycles. The number of halogens is 4. The molecule has 1 aromatic carbocycles. The summed E-state index contributed by atoms with van der Waals surface area (Å²) in [5.74, 6) is -3.99. The number of nitrogens with zero attached hydrogens (tertiary/aromatic N) is 1. The Morgan fingerprint density at radius 3 is 2.78 bits per heavy atom. The van der Waals surface area contributed by atoms with Gasteiger partial charge in [-0.3, -0.25) is 9.78 Å². The van der Waals surface area contributed by atoms with Crippen LogP contribution in [0.1, 0.15) is 16.1 Å². The minimum absolute atomic E-state index is 0.173. The fourth-order valence-corrected chi connectivity index (χ4v) is 2.27. The van der Waals surface area contributed by atoms with Gasteiger partial charge in [-0.15, -0.1) is 0 Å². The molecule has 0 fully saturated rings. The predicted octanol–water partition coefficient (Wildman–Crippen LogP) is 3.56. The van der Waals surface area contributed by atoms with E-state index in [-0.39, 0.29) is 17.8 Å². The maximum absolute atomic E-state index is 13.5. The molecule has 0 unspecified atom stereocenters.